The fourth-order valence-corrected chi connectivity index (χ4v) is 4.04. The maximum Gasteiger partial charge on any atom is 0.307 e. The molecule has 3 rings (SSSR count). The van der Waals surface area contributed by atoms with Crippen molar-refractivity contribution in [2.45, 2.75) is 93.6 Å². The Morgan fingerprint density at radius 3 is 2.18 bits per heavy atom. The van der Waals surface area contributed by atoms with E-state index < -0.39 is 17.4 Å². The van der Waals surface area contributed by atoms with Crippen LogP contribution >= 0.6 is 0 Å². The number of carbonyl (C=O) groups is 1. The molecule has 1 saturated heterocycles. The minimum Gasteiger partial charge on any atom is -0.481 e. The van der Waals surface area contributed by atoms with E-state index in [1.54, 1.807) is 33.2 Å². The molecule has 2 aromatic rings. The lowest BCUT2D eigenvalue weighted by atomic mass is 9.82. The molecular weight excluding hydrogens is 485 g/mol. The Hall–Kier alpha value is -2.74. The van der Waals surface area contributed by atoms with Crippen molar-refractivity contribution in [2.24, 2.45) is 10.8 Å². The molecule has 38 heavy (non-hydrogen) atoms. The predicted molar refractivity (Wildman–Crippen MR) is 150 cm³/mol. The van der Waals surface area contributed by atoms with Crippen molar-refractivity contribution >= 4 is 11.7 Å². The van der Waals surface area contributed by atoms with Crippen LogP contribution in [0.15, 0.2) is 18.5 Å². The van der Waals surface area contributed by atoms with Gasteiger partial charge < -0.3 is 19.8 Å². The zero-order valence-corrected chi connectivity index (χ0v) is 24.6. The van der Waals surface area contributed by atoms with Gasteiger partial charge in [0.15, 0.2) is 5.82 Å². The highest BCUT2D eigenvalue weighted by Crippen LogP contribution is 2.40. The van der Waals surface area contributed by atoms with Gasteiger partial charge in [-0.2, -0.15) is 0 Å². The number of hydrogen-bond donors (Lipinski definition) is 2. The van der Waals surface area contributed by atoms with Gasteiger partial charge >= 0.3 is 5.97 Å². The van der Waals surface area contributed by atoms with Crippen LogP contribution in [-0.2, 0) is 11.2 Å². The highest BCUT2D eigenvalue weighted by Gasteiger charge is 2.29. The van der Waals surface area contributed by atoms with E-state index in [-0.39, 0.29) is 23.1 Å². The van der Waals surface area contributed by atoms with Gasteiger partial charge in [-0.15, -0.1) is 0 Å². The van der Waals surface area contributed by atoms with Crippen molar-refractivity contribution in [2.75, 3.05) is 24.6 Å². The summed E-state index contributed by atoms with van der Waals surface area (Å²) in [6.07, 6.45) is 5.93. The van der Waals surface area contributed by atoms with Crippen molar-refractivity contribution in [1.29, 1.82) is 0 Å². The number of piperidine rings is 1. The minimum absolute atomic E-state index is 0.0184. The number of nitrogens with zero attached hydrogens (tertiary/aromatic N) is 3. The van der Waals surface area contributed by atoms with Gasteiger partial charge in [-0.3, -0.25) is 9.78 Å². The largest absolute Gasteiger partial charge is 0.481 e. The Bertz CT molecular complexity index is 1090. The number of aryl methyl sites for hydroxylation is 1. The summed E-state index contributed by atoms with van der Waals surface area (Å²) < 4.78 is 20.5. The van der Waals surface area contributed by atoms with Gasteiger partial charge in [-0.1, -0.05) is 34.6 Å². The number of rotatable bonds is 7. The highest BCUT2D eigenvalue weighted by molar-refractivity contribution is 5.84. The van der Waals surface area contributed by atoms with Gasteiger partial charge in [-0.05, 0) is 63.9 Å². The number of aliphatic carboxylic acids is 1. The first-order valence-electron chi connectivity index (χ1n) is 13.3. The number of carboxylic acids is 1. The lowest BCUT2D eigenvalue weighted by molar-refractivity contribution is -0.136. The number of carboxylic acid groups (broad SMARTS) is 1. The molecule has 2 aromatic heterocycles. The Balaban J connectivity index is 0.000000926. The molecule has 7 nitrogen and oxygen atoms in total. The normalized spacial score (nSPS) is 15.5. The van der Waals surface area contributed by atoms with Crippen LogP contribution in [0.3, 0.4) is 0 Å². The van der Waals surface area contributed by atoms with Crippen LogP contribution in [0.1, 0.15) is 85.9 Å². The highest BCUT2D eigenvalue weighted by atomic mass is 19.1. The summed E-state index contributed by atoms with van der Waals surface area (Å²) in [5.41, 5.74) is 3.26. The van der Waals surface area contributed by atoms with Crippen molar-refractivity contribution in [3.63, 3.8) is 0 Å². The molecule has 8 heteroatoms. The Morgan fingerprint density at radius 2 is 1.68 bits per heavy atom. The first kappa shape index (κ1) is 31.5. The van der Waals surface area contributed by atoms with Crippen molar-refractivity contribution in [3.05, 3.63) is 35.5 Å². The summed E-state index contributed by atoms with van der Waals surface area (Å²) in [6.45, 7) is 19.9. The molecule has 2 N–H and O–H groups in total. The lowest BCUT2D eigenvalue weighted by Crippen LogP contribution is -2.38. The van der Waals surface area contributed by atoms with Crippen molar-refractivity contribution in [3.8, 4) is 17.0 Å². The van der Waals surface area contributed by atoms with Gasteiger partial charge in [0.1, 0.15) is 0 Å². The quantitative estimate of drug-likeness (QED) is 0.425. The Morgan fingerprint density at radius 1 is 1.11 bits per heavy atom. The van der Waals surface area contributed by atoms with E-state index in [0.717, 1.165) is 38.0 Å². The number of aliphatic hydroxyl groups is 1. The number of ether oxygens (including phenoxy) is 1. The Labute approximate surface area is 227 Å². The molecule has 0 aromatic carbocycles. The third kappa shape index (κ3) is 10.2. The molecule has 1 fully saturated rings. The van der Waals surface area contributed by atoms with Crippen LogP contribution in [0, 0.1) is 23.6 Å². The maximum atomic E-state index is 14.9. The zero-order valence-electron chi connectivity index (χ0n) is 24.6. The molecule has 0 bridgehead atoms. The maximum absolute atomic E-state index is 14.9. The predicted octanol–water partition coefficient (Wildman–Crippen LogP) is 6.44. The van der Waals surface area contributed by atoms with Crippen molar-refractivity contribution in [1.82, 2.24) is 9.97 Å². The van der Waals surface area contributed by atoms with E-state index in [1.165, 1.54) is 6.07 Å². The van der Waals surface area contributed by atoms with E-state index in [2.05, 4.69) is 49.5 Å². The fourth-order valence-electron chi connectivity index (χ4n) is 4.04. The van der Waals surface area contributed by atoms with Gasteiger partial charge in [-0.25, -0.2) is 9.37 Å². The topological polar surface area (TPSA) is 95.8 Å². The molecular formula is C30H46FN3O4. The molecule has 0 atom stereocenters. The molecule has 0 aliphatic carbocycles. The van der Waals surface area contributed by atoms with Gasteiger partial charge in [0.2, 0.25) is 5.88 Å². The molecule has 0 unspecified atom stereocenters. The average Bonchev–Trinajstić information content (AvgIpc) is 2.74. The van der Waals surface area contributed by atoms with Crippen molar-refractivity contribution < 1.29 is 24.1 Å². The summed E-state index contributed by atoms with van der Waals surface area (Å²) in [4.78, 5) is 22.5. The molecule has 0 amide bonds. The van der Waals surface area contributed by atoms with E-state index in [9.17, 15) is 14.3 Å². The summed E-state index contributed by atoms with van der Waals surface area (Å²) >= 11 is 0. The number of pyridine rings is 2. The monoisotopic (exact) mass is 531 g/mol. The first-order chi connectivity index (χ1) is 17.4. The average molecular weight is 532 g/mol. The van der Waals surface area contributed by atoms with Crippen LogP contribution in [-0.4, -0.2) is 51.4 Å². The summed E-state index contributed by atoms with van der Waals surface area (Å²) in [5.74, 6) is -1.47. The van der Waals surface area contributed by atoms with E-state index >= 15 is 0 Å². The molecule has 3 heterocycles. The second kappa shape index (κ2) is 12.4. The molecule has 0 saturated carbocycles. The first-order valence-corrected chi connectivity index (χ1v) is 13.3. The van der Waals surface area contributed by atoms with Gasteiger partial charge in [0, 0.05) is 47.9 Å². The number of hydrogen-bond acceptors (Lipinski definition) is 6. The summed E-state index contributed by atoms with van der Waals surface area (Å²) in [6, 6.07) is 1.41. The molecule has 1 aliphatic rings. The molecule has 1 aliphatic heterocycles. The standard InChI is InChI=1S/C26H36FN3O3.C4H10O/c1-17-19(14-22(31)32)23(30-10-7-26(5,6)8-11-30)20(16-28-17)18-13-21(27)24(29-15-18)33-12-9-25(2,3)4;1-4(2,3)5/h13,15-16H,7-12,14H2,1-6H3,(H,31,32);5H,1-3H3. The van der Waals surface area contributed by atoms with E-state index in [0.29, 0.717) is 29.0 Å². The smallest absolute Gasteiger partial charge is 0.307 e. The second-order valence-electron chi connectivity index (χ2n) is 13.1. The van der Waals surface area contributed by atoms with Crippen LogP contribution < -0.4 is 9.64 Å². The number of aromatic nitrogens is 2. The second-order valence-corrected chi connectivity index (χ2v) is 13.1. The molecule has 0 radical (unpaired) electrons. The minimum atomic E-state index is -0.914. The molecule has 212 valence electrons. The van der Waals surface area contributed by atoms with Gasteiger partial charge in [0.25, 0.3) is 0 Å². The lowest BCUT2D eigenvalue weighted by Gasteiger charge is -2.40. The van der Waals surface area contributed by atoms with Crippen LogP contribution in [0.25, 0.3) is 11.1 Å². The van der Waals surface area contributed by atoms with Crippen LogP contribution in [0.2, 0.25) is 0 Å². The third-order valence-electron chi connectivity index (χ3n) is 6.34. The van der Waals surface area contributed by atoms with E-state index in [1.807, 2.05) is 6.92 Å². The Kier molecular flexibility index (Phi) is 10.3. The molecule has 0 spiro atoms. The fraction of sp³-hybridized carbons (Fsp3) is 0.633. The summed E-state index contributed by atoms with van der Waals surface area (Å²) in [7, 11) is 0. The van der Waals surface area contributed by atoms with Crippen LogP contribution in [0.4, 0.5) is 10.1 Å². The third-order valence-corrected chi connectivity index (χ3v) is 6.34. The van der Waals surface area contributed by atoms with Gasteiger partial charge in [0.05, 0.1) is 24.3 Å². The summed E-state index contributed by atoms with van der Waals surface area (Å²) in [5, 5.41) is 18.1. The van der Waals surface area contributed by atoms with E-state index in [4.69, 9.17) is 9.84 Å². The number of anilines is 1. The number of halogens is 1. The van der Waals surface area contributed by atoms with Crippen LogP contribution in [0.5, 0.6) is 5.88 Å². The SMILES string of the molecule is CC(C)(C)O.Cc1ncc(-c2cnc(OCCC(C)(C)C)c(F)c2)c(N2CCC(C)(C)CC2)c1CC(=O)O. The zero-order chi connectivity index (χ0) is 28.9.